The molecule has 0 radical (unpaired) electrons. The van der Waals surface area contributed by atoms with Gasteiger partial charge < -0.3 is 15.7 Å². The standard InChI is InChI=1S/C8H17F3N2O/c1-13(4-3-8(9,10)11)6-7(12)2-5-14/h7,14H,2-6,12H2,1H3. The van der Waals surface area contributed by atoms with E-state index in [1.807, 2.05) is 0 Å². The number of aliphatic hydroxyl groups excluding tert-OH is 1. The summed E-state index contributed by atoms with van der Waals surface area (Å²) in [7, 11) is 1.59. The van der Waals surface area contributed by atoms with Crippen LogP contribution in [0.4, 0.5) is 13.2 Å². The van der Waals surface area contributed by atoms with Gasteiger partial charge >= 0.3 is 6.18 Å². The Kier molecular flexibility index (Phi) is 6.06. The largest absolute Gasteiger partial charge is 0.396 e. The Hall–Kier alpha value is -0.330. The van der Waals surface area contributed by atoms with E-state index in [1.54, 1.807) is 7.05 Å². The average Bonchev–Trinajstić information content (AvgIpc) is 2.00. The molecule has 0 amide bonds. The number of aliphatic hydroxyl groups is 1. The minimum absolute atomic E-state index is 0.0335. The van der Waals surface area contributed by atoms with Gasteiger partial charge in [0.25, 0.3) is 0 Å². The van der Waals surface area contributed by atoms with Crippen LogP contribution in [0.5, 0.6) is 0 Å². The maximum absolute atomic E-state index is 11.8. The molecular formula is C8H17F3N2O. The zero-order valence-corrected chi connectivity index (χ0v) is 8.22. The van der Waals surface area contributed by atoms with Gasteiger partial charge in [0.1, 0.15) is 0 Å². The zero-order valence-electron chi connectivity index (χ0n) is 8.22. The molecule has 0 rings (SSSR count). The summed E-state index contributed by atoms with van der Waals surface area (Å²) in [6.45, 7) is 0.285. The summed E-state index contributed by atoms with van der Waals surface area (Å²) >= 11 is 0. The first-order valence-corrected chi connectivity index (χ1v) is 4.47. The molecule has 0 aliphatic heterocycles. The number of alkyl halides is 3. The molecule has 6 heteroatoms. The van der Waals surface area contributed by atoms with E-state index in [4.69, 9.17) is 10.8 Å². The van der Waals surface area contributed by atoms with Crippen molar-refractivity contribution in [3.05, 3.63) is 0 Å². The van der Waals surface area contributed by atoms with Crippen LogP contribution in [0, 0.1) is 0 Å². The van der Waals surface area contributed by atoms with E-state index in [0.29, 0.717) is 13.0 Å². The normalized spacial score (nSPS) is 14.8. The highest BCUT2D eigenvalue weighted by Gasteiger charge is 2.27. The monoisotopic (exact) mass is 214 g/mol. The minimum Gasteiger partial charge on any atom is -0.396 e. The first-order chi connectivity index (χ1) is 6.35. The third kappa shape index (κ3) is 8.28. The molecule has 0 aromatic rings. The maximum Gasteiger partial charge on any atom is 0.390 e. The van der Waals surface area contributed by atoms with Gasteiger partial charge in [-0.2, -0.15) is 13.2 Å². The van der Waals surface area contributed by atoms with Gasteiger partial charge in [-0.05, 0) is 13.5 Å². The van der Waals surface area contributed by atoms with Crippen molar-refractivity contribution in [2.24, 2.45) is 5.73 Å². The third-order valence-corrected chi connectivity index (χ3v) is 1.82. The summed E-state index contributed by atoms with van der Waals surface area (Å²) in [4.78, 5) is 1.52. The second-order valence-electron chi connectivity index (χ2n) is 3.40. The van der Waals surface area contributed by atoms with Gasteiger partial charge in [-0.1, -0.05) is 0 Å². The molecule has 86 valence electrons. The van der Waals surface area contributed by atoms with Crippen LogP contribution in [0.1, 0.15) is 12.8 Å². The fourth-order valence-electron chi connectivity index (χ4n) is 1.07. The molecular weight excluding hydrogens is 197 g/mol. The second-order valence-corrected chi connectivity index (χ2v) is 3.40. The first-order valence-electron chi connectivity index (χ1n) is 4.47. The number of halogens is 3. The highest BCUT2D eigenvalue weighted by Crippen LogP contribution is 2.19. The van der Waals surface area contributed by atoms with Crippen molar-refractivity contribution in [1.29, 1.82) is 0 Å². The summed E-state index contributed by atoms with van der Waals surface area (Å²) < 4.78 is 35.4. The molecule has 0 spiro atoms. The lowest BCUT2D eigenvalue weighted by molar-refractivity contribution is -0.137. The lowest BCUT2D eigenvalue weighted by Gasteiger charge is -2.21. The zero-order chi connectivity index (χ0) is 11.2. The molecule has 0 aliphatic rings. The molecule has 0 fully saturated rings. The summed E-state index contributed by atoms with van der Waals surface area (Å²) in [5.74, 6) is 0. The van der Waals surface area contributed by atoms with E-state index in [1.165, 1.54) is 4.90 Å². The van der Waals surface area contributed by atoms with Crippen molar-refractivity contribution in [2.45, 2.75) is 25.1 Å². The minimum atomic E-state index is -4.12. The van der Waals surface area contributed by atoms with Crippen LogP contribution >= 0.6 is 0 Å². The molecule has 14 heavy (non-hydrogen) atoms. The Bertz CT molecular complexity index is 152. The van der Waals surface area contributed by atoms with Gasteiger partial charge in [0, 0.05) is 25.7 Å². The van der Waals surface area contributed by atoms with E-state index in [2.05, 4.69) is 0 Å². The van der Waals surface area contributed by atoms with Gasteiger partial charge in [0.2, 0.25) is 0 Å². The Morgan fingerprint density at radius 1 is 1.43 bits per heavy atom. The van der Waals surface area contributed by atoms with Gasteiger partial charge in [0.05, 0.1) is 6.42 Å². The number of nitrogens with two attached hydrogens (primary N) is 1. The predicted octanol–water partition coefficient (Wildman–Crippen LogP) is 0.580. The topological polar surface area (TPSA) is 49.5 Å². The van der Waals surface area contributed by atoms with Crippen molar-refractivity contribution in [3.63, 3.8) is 0 Å². The lowest BCUT2D eigenvalue weighted by Crippen LogP contribution is -2.37. The number of rotatable bonds is 6. The Morgan fingerprint density at radius 2 is 2.00 bits per heavy atom. The summed E-state index contributed by atoms with van der Waals surface area (Å²) in [6.07, 6.45) is -4.53. The van der Waals surface area contributed by atoms with Crippen molar-refractivity contribution in [3.8, 4) is 0 Å². The smallest absolute Gasteiger partial charge is 0.390 e. The second kappa shape index (κ2) is 6.21. The number of nitrogens with zero attached hydrogens (tertiary/aromatic N) is 1. The molecule has 1 atom stereocenters. The molecule has 0 bridgehead atoms. The molecule has 0 heterocycles. The van der Waals surface area contributed by atoms with Crippen molar-refractivity contribution < 1.29 is 18.3 Å². The fourth-order valence-corrected chi connectivity index (χ4v) is 1.07. The van der Waals surface area contributed by atoms with E-state index in [-0.39, 0.29) is 19.2 Å². The Balaban J connectivity index is 3.59. The Morgan fingerprint density at radius 3 is 2.43 bits per heavy atom. The number of hydrogen-bond acceptors (Lipinski definition) is 3. The van der Waals surface area contributed by atoms with Gasteiger partial charge in [-0.15, -0.1) is 0 Å². The molecule has 0 aromatic heterocycles. The highest BCUT2D eigenvalue weighted by atomic mass is 19.4. The average molecular weight is 214 g/mol. The number of likely N-dealkylation sites (N-methyl/N-ethyl adjacent to an activating group) is 1. The molecule has 0 saturated carbocycles. The molecule has 0 aromatic carbocycles. The number of hydrogen-bond donors (Lipinski definition) is 2. The first kappa shape index (κ1) is 13.7. The van der Waals surface area contributed by atoms with Crippen molar-refractivity contribution >= 4 is 0 Å². The molecule has 3 N–H and O–H groups in total. The lowest BCUT2D eigenvalue weighted by atomic mass is 10.2. The summed E-state index contributed by atoms with van der Waals surface area (Å²) in [5.41, 5.74) is 5.54. The van der Waals surface area contributed by atoms with Crippen molar-refractivity contribution in [1.82, 2.24) is 4.90 Å². The third-order valence-electron chi connectivity index (χ3n) is 1.82. The Labute approximate surface area is 81.7 Å². The fraction of sp³-hybridized carbons (Fsp3) is 1.00. The molecule has 0 saturated heterocycles. The highest BCUT2D eigenvalue weighted by molar-refractivity contribution is 4.66. The van der Waals surface area contributed by atoms with Crippen LogP contribution in [-0.4, -0.2) is 49.0 Å². The quantitative estimate of drug-likeness (QED) is 0.680. The maximum atomic E-state index is 11.8. The van der Waals surface area contributed by atoms with Gasteiger partial charge in [-0.3, -0.25) is 0 Å². The van der Waals surface area contributed by atoms with Gasteiger partial charge in [0.15, 0.2) is 0 Å². The summed E-state index contributed by atoms with van der Waals surface area (Å²) in [6, 6.07) is -0.266. The van der Waals surface area contributed by atoms with E-state index in [0.717, 1.165) is 0 Å². The predicted molar refractivity (Wildman–Crippen MR) is 47.8 cm³/mol. The SMILES string of the molecule is CN(CCC(F)(F)F)CC(N)CCO. The van der Waals surface area contributed by atoms with E-state index >= 15 is 0 Å². The molecule has 1 unspecified atom stereocenters. The molecule has 0 aliphatic carbocycles. The van der Waals surface area contributed by atoms with E-state index < -0.39 is 12.6 Å². The van der Waals surface area contributed by atoms with E-state index in [9.17, 15) is 13.2 Å². The van der Waals surface area contributed by atoms with Crippen LogP contribution in [0.15, 0.2) is 0 Å². The van der Waals surface area contributed by atoms with Crippen LogP contribution in [0.2, 0.25) is 0 Å². The van der Waals surface area contributed by atoms with Crippen LogP contribution in [0.3, 0.4) is 0 Å². The van der Waals surface area contributed by atoms with Crippen molar-refractivity contribution in [2.75, 3.05) is 26.7 Å². The van der Waals surface area contributed by atoms with Crippen LogP contribution in [0.25, 0.3) is 0 Å². The van der Waals surface area contributed by atoms with Crippen LogP contribution in [-0.2, 0) is 0 Å². The van der Waals surface area contributed by atoms with Crippen LogP contribution < -0.4 is 5.73 Å². The van der Waals surface area contributed by atoms with Gasteiger partial charge in [-0.25, -0.2) is 0 Å². The summed E-state index contributed by atoms with van der Waals surface area (Å²) in [5, 5.41) is 8.53. The molecule has 3 nitrogen and oxygen atoms in total.